The molecule has 0 saturated carbocycles. The molecule has 1 aliphatic heterocycles. The van der Waals surface area contributed by atoms with Crippen LogP contribution >= 0.6 is 0 Å². The highest BCUT2D eigenvalue weighted by Crippen LogP contribution is 2.16. The Balaban J connectivity index is 2.39. The lowest BCUT2D eigenvalue weighted by molar-refractivity contribution is 0.348. The Morgan fingerprint density at radius 2 is 2.30 bits per heavy atom. The highest BCUT2D eigenvalue weighted by Gasteiger charge is 2.16. The zero-order valence-corrected chi connectivity index (χ0v) is 6.93. The molecule has 1 heterocycles. The Morgan fingerprint density at radius 1 is 1.50 bits per heavy atom. The predicted octanol–water partition coefficient (Wildman–Crippen LogP) is 1.95. The van der Waals surface area contributed by atoms with Gasteiger partial charge >= 0.3 is 0 Å². The number of hydrogen-bond acceptors (Lipinski definition) is 1. The van der Waals surface area contributed by atoms with E-state index in [1.54, 1.807) is 0 Å². The molecule has 0 spiro atoms. The molecule has 0 aromatic heterocycles. The molecule has 0 amide bonds. The third kappa shape index (κ3) is 1.84. The molecule has 0 aliphatic carbocycles. The lowest BCUT2D eigenvalue weighted by Gasteiger charge is -2.27. The summed E-state index contributed by atoms with van der Waals surface area (Å²) in [4.78, 5) is 0. The Morgan fingerprint density at radius 3 is 2.90 bits per heavy atom. The summed E-state index contributed by atoms with van der Waals surface area (Å²) in [7, 11) is 0. The first-order valence-corrected chi connectivity index (χ1v) is 4.21. The van der Waals surface area contributed by atoms with E-state index in [0.717, 1.165) is 5.92 Å². The van der Waals surface area contributed by atoms with Crippen molar-refractivity contribution in [3.8, 4) is 0 Å². The van der Waals surface area contributed by atoms with Crippen molar-refractivity contribution in [1.29, 1.82) is 0 Å². The molecule has 1 saturated heterocycles. The molecule has 1 N–H and O–H groups in total. The Labute approximate surface area is 63.5 Å². The van der Waals surface area contributed by atoms with Crippen molar-refractivity contribution in [1.82, 2.24) is 5.32 Å². The quantitative estimate of drug-likeness (QED) is 0.547. The van der Waals surface area contributed by atoms with Crippen molar-refractivity contribution in [3.63, 3.8) is 0 Å². The molecule has 1 rings (SSSR count). The second kappa shape index (κ2) is 3.77. The fourth-order valence-electron chi connectivity index (χ4n) is 1.58. The largest absolute Gasteiger partial charge is 0.314 e. The molecule has 58 valence electrons. The summed E-state index contributed by atoms with van der Waals surface area (Å²) in [6.07, 6.45) is 7.17. The minimum Gasteiger partial charge on any atom is -0.314 e. The van der Waals surface area contributed by atoms with E-state index < -0.39 is 0 Å². The first-order chi connectivity index (χ1) is 4.84. The van der Waals surface area contributed by atoms with Gasteiger partial charge in [-0.1, -0.05) is 12.2 Å². The van der Waals surface area contributed by atoms with Crippen LogP contribution in [0.4, 0.5) is 0 Å². The van der Waals surface area contributed by atoms with E-state index >= 15 is 0 Å². The molecule has 0 aromatic rings. The van der Waals surface area contributed by atoms with Gasteiger partial charge in [0.15, 0.2) is 0 Å². The molecule has 1 heteroatoms. The molecule has 0 unspecified atom stereocenters. The average molecular weight is 139 g/mol. The first-order valence-electron chi connectivity index (χ1n) is 4.21. The van der Waals surface area contributed by atoms with E-state index in [0.29, 0.717) is 6.04 Å². The highest BCUT2D eigenvalue weighted by molar-refractivity contribution is 4.93. The van der Waals surface area contributed by atoms with Gasteiger partial charge in [0.1, 0.15) is 0 Å². The number of nitrogens with one attached hydrogen (secondary N) is 1. The summed E-state index contributed by atoms with van der Waals surface area (Å²) in [6, 6.07) is 0.685. The minimum atomic E-state index is 0.685. The van der Waals surface area contributed by atoms with Crippen molar-refractivity contribution in [2.75, 3.05) is 6.54 Å². The third-order valence-corrected chi connectivity index (χ3v) is 2.26. The maximum Gasteiger partial charge on any atom is 0.0101 e. The van der Waals surface area contributed by atoms with Crippen LogP contribution in [0, 0.1) is 5.92 Å². The number of rotatable bonds is 1. The first kappa shape index (κ1) is 7.80. The van der Waals surface area contributed by atoms with E-state index in [1.165, 1.54) is 19.4 Å². The Bertz CT molecular complexity index is 118. The topological polar surface area (TPSA) is 12.0 Å². The summed E-state index contributed by atoms with van der Waals surface area (Å²) in [5, 5.41) is 3.47. The van der Waals surface area contributed by atoms with Crippen LogP contribution in [-0.4, -0.2) is 12.6 Å². The number of piperidine rings is 1. The fourth-order valence-corrected chi connectivity index (χ4v) is 1.58. The molecule has 0 bridgehead atoms. The van der Waals surface area contributed by atoms with Gasteiger partial charge in [-0.25, -0.2) is 0 Å². The molecular formula is C9H17N. The average Bonchev–Trinajstić information content (AvgIpc) is 1.94. The van der Waals surface area contributed by atoms with Crippen molar-refractivity contribution < 1.29 is 0 Å². The van der Waals surface area contributed by atoms with Crippen LogP contribution in [0.3, 0.4) is 0 Å². The molecule has 2 atom stereocenters. The van der Waals surface area contributed by atoms with Gasteiger partial charge in [0.05, 0.1) is 0 Å². The fraction of sp³-hybridized carbons (Fsp3) is 0.778. The summed E-state index contributed by atoms with van der Waals surface area (Å²) >= 11 is 0. The Hall–Kier alpha value is -0.300. The lowest BCUT2D eigenvalue weighted by Crippen LogP contribution is -2.37. The molecule has 1 aliphatic rings. The van der Waals surface area contributed by atoms with Crippen LogP contribution in [0.25, 0.3) is 0 Å². The monoisotopic (exact) mass is 139 g/mol. The molecular weight excluding hydrogens is 122 g/mol. The summed E-state index contributed by atoms with van der Waals surface area (Å²) in [6.45, 7) is 5.57. The van der Waals surface area contributed by atoms with E-state index in [9.17, 15) is 0 Å². The summed E-state index contributed by atoms with van der Waals surface area (Å²) in [5.74, 6) is 0.777. The predicted molar refractivity (Wildman–Crippen MR) is 45.0 cm³/mol. The van der Waals surface area contributed by atoms with Crippen LogP contribution in [0.15, 0.2) is 12.2 Å². The van der Waals surface area contributed by atoms with Gasteiger partial charge in [-0.15, -0.1) is 0 Å². The van der Waals surface area contributed by atoms with Gasteiger partial charge in [-0.05, 0) is 39.2 Å². The van der Waals surface area contributed by atoms with Gasteiger partial charge in [-0.3, -0.25) is 0 Å². The van der Waals surface area contributed by atoms with Crippen LogP contribution < -0.4 is 5.32 Å². The molecule has 10 heavy (non-hydrogen) atoms. The van der Waals surface area contributed by atoms with E-state index in [2.05, 4.69) is 31.3 Å². The van der Waals surface area contributed by atoms with E-state index in [1.807, 2.05) is 0 Å². The second-order valence-electron chi connectivity index (χ2n) is 3.07. The van der Waals surface area contributed by atoms with Crippen molar-refractivity contribution >= 4 is 0 Å². The SMILES string of the molecule is C/C=C/[C@H]1CCCN[C@H]1C. The summed E-state index contributed by atoms with van der Waals surface area (Å²) < 4.78 is 0. The smallest absolute Gasteiger partial charge is 0.0101 e. The zero-order valence-electron chi connectivity index (χ0n) is 6.93. The van der Waals surface area contributed by atoms with E-state index in [-0.39, 0.29) is 0 Å². The maximum atomic E-state index is 3.47. The normalized spacial score (nSPS) is 35.0. The number of allylic oxidation sites excluding steroid dienone is 1. The third-order valence-electron chi connectivity index (χ3n) is 2.26. The van der Waals surface area contributed by atoms with E-state index in [4.69, 9.17) is 0 Å². The van der Waals surface area contributed by atoms with Gasteiger partial charge in [0.25, 0.3) is 0 Å². The lowest BCUT2D eigenvalue weighted by atomic mass is 9.92. The van der Waals surface area contributed by atoms with Crippen molar-refractivity contribution in [3.05, 3.63) is 12.2 Å². The molecule has 1 fully saturated rings. The van der Waals surface area contributed by atoms with Crippen LogP contribution in [0.5, 0.6) is 0 Å². The molecule has 0 aromatic carbocycles. The second-order valence-corrected chi connectivity index (χ2v) is 3.07. The van der Waals surface area contributed by atoms with Crippen LogP contribution in [0.1, 0.15) is 26.7 Å². The minimum absolute atomic E-state index is 0.685. The van der Waals surface area contributed by atoms with Gasteiger partial charge in [-0.2, -0.15) is 0 Å². The molecule has 1 nitrogen and oxygen atoms in total. The van der Waals surface area contributed by atoms with Crippen molar-refractivity contribution in [2.24, 2.45) is 5.92 Å². The van der Waals surface area contributed by atoms with Crippen LogP contribution in [0.2, 0.25) is 0 Å². The Kier molecular flexibility index (Phi) is 2.94. The van der Waals surface area contributed by atoms with Gasteiger partial charge in [0, 0.05) is 6.04 Å². The standard InChI is InChI=1S/C9H17N/c1-3-5-9-6-4-7-10-8(9)2/h3,5,8-10H,4,6-7H2,1-2H3/b5-3+/t8-,9-/m0/s1. The van der Waals surface area contributed by atoms with Gasteiger partial charge in [0.2, 0.25) is 0 Å². The van der Waals surface area contributed by atoms with Crippen LogP contribution in [-0.2, 0) is 0 Å². The van der Waals surface area contributed by atoms with Gasteiger partial charge < -0.3 is 5.32 Å². The summed E-state index contributed by atoms with van der Waals surface area (Å²) in [5.41, 5.74) is 0. The maximum absolute atomic E-state index is 3.47. The highest BCUT2D eigenvalue weighted by atomic mass is 14.9. The number of hydrogen-bond donors (Lipinski definition) is 1. The zero-order chi connectivity index (χ0) is 7.40. The van der Waals surface area contributed by atoms with Crippen molar-refractivity contribution in [2.45, 2.75) is 32.7 Å². The molecule has 0 radical (unpaired) electrons.